The first kappa shape index (κ1) is 11.4. The van der Waals surface area contributed by atoms with Gasteiger partial charge in [0.15, 0.2) is 0 Å². The van der Waals surface area contributed by atoms with Gasteiger partial charge in [-0.05, 0) is 46.1 Å². The van der Waals surface area contributed by atoms with Crippen LogP contribution in [0.2, 0.25) is 0 Å². The molecule has 5 heteroatoms. The number of aromatic nitrogens is 2. The molecule has 2 aliphatic heterocycles. The van der Waals surface area contributed by atoms with Gasteiger partial charge < -0.3 is 10.2 Å². The fraction of sp³-hybridized carbons (Fsp3) is 0.833. The van der Waals surface area contributed by atoms with Crippen LogP contribution < -0.4 is 10.2 Å². The minimum atomic E-state index is 0.673. The maximum absolute atomic E-state index is 4.58. The largest absolute Gasteiger partial charge is 0.341 e. The summed E-state index contributed by atoms with van der Waals surface area (Å²) in [6.07, 6.45) is 6.51. The zero-order valence-electron chi connectivity index (χ0n) is 10.5. The summed E-state index contributed by atoms with van der Waals surface area (Å²) < 4.78 is 4.33. The molecule has 17 heavy (non-hydrogen) atoms. The highest BCUT2D eigenvalue weighted by atomic mass is 32.1. The molecule has 2 saturated heterocycles. The van der Waals surface area contributed by atoms with E-state index < -0.39 is 0 Å². The van der Waals surface area contributed by atoms with E-state index in [1.807, 2.05) is 6.92 Å². The lowest BCUT2D eigenvalue weighted by Crippen LogP contribution is -2.56. The summed E-state index contributed by atoms with van der Waals surface area (Å²) in [4.78, 5) is 7.14. The highest BCUT2D eigenvalue weighted by molar-refractivity contribution is 7.09. The zero-order valence-corrected chi connectivity index (χ0v) is 11.3. The monoisotopic (exact) mass is 252 g/mol. The smallest absolute Gasteiger partial charge is 0.205 e. The number of anilines is 1. The Morgan fingerprint density at radius 3 is 2.53 bits per heavy atom. The van der Waals surface area contributed by atoms with E-state index in [0.717, 1.165) is 11.0 Å². The average molecular weight is 252 g/mol. The molecule has 2 bridgehead atoms. The van der Waals surface area contributed by atoms with Gasteiger partial charge in [-0.25, -0.2) is 4.98 Å². The van der Waals surface area contributed by atoms with Gasteiger partial charge in [-0.2, -0.15) is 4.37 Å². The lowest BCUT2D eigenvalue weighted by atomic mass is 9.82. The average Bonchev–Trinajstić information content (AvgIpc) is 2.74. The number of nitrogens with zero attached hydrogens (tertiary/aromatic N) is 3. The fourth-order valence-corrected chi connectivity index (χ4v) is 4.14. The molecule has 1 aromatic rings. The Morgan fingerprint density at radius 1 is 1.29 bits per heavy atom. The van der Waals surface area contributed by atoms with Crippen LogP contribution in [0.4, 0.5) is 5.13 Å². The quantitative estimate of drug-likeness (QED) is 0.873. The van der Waals surface area contributed by atoms with Crippen molar-refractivity contribution in [3.8, 4) is 0 Å². The van der Waals surface area contributed by atoms with Gasteiger partial charge in [-0.15, -0.1) is 0 Å². The van der Waals surface area contributed by atoms with Crippen molar-refractivity contribution in [2.75, 3.05) is 11.9 Å². The SMILES string of the molecule is CNC1CC2CCCC(C1)N2c1nc(C)ns1. The zero-order chi connectivity index (χ0) is 11.8. The van der Waals surface area contributed by atoms with E-state index in [0.29, 0.717) is 18.1 Å². The van der Waals surface area contributed by atoms with Crippen LogP contribution in [0.3, 0.4) is 0 Å². The molecule has 3 heterocycles. The number of rotatable bonds is 2. The predicted molar refractivity (Wildman–Crippen MR) is 70.6 cm³/mol. The molecule has 3 rings (SSSR count). The van der Waals surface area contributed by atoms with Gasteiger partial charge in [0.25, 0.3) is 0 Å². The van der Waals surface area contributed by atoms with Crippen molar-refractivity contribution in [1.29, 1.82) is 0 Å². The molecule has 0 saturated carbocycles. The molecular formula is C12H20N4S. The molecule has 0 aliphatic carbocycles. The minimum Gasteiger partial charge on any atom is -0.341 e. The molecule has 0 amide bonds. The Kier molecular flexibility index (Phi) is 3.04. The van der Waals surface area contributed by atoms with Crippen LogP contribution >= 0.6 is 11.5 Å². The van der Waals surface area contributed by atoms with Crippen LogP contribution in [0, 0.1) is 6.92 Å². The lowest BCUT2D eigenvalue weighted by Gasteiger charge is -2.48. The van der Waals surface area contributed by atoms with Gasteiger partial charge in [0.1, 0.15) is 5.82 Å². The first-order valence-electron chi connectivity index (χ1n) is 6.54. The molecular weight excluding hydrogens is 232 g/mol. The van der Waals surface area contributed by atoms with Gasteiger partial charge >= 0.3 is 0 Å². The van der Waals surface area contributed by atoms with E-state index in [4.69, 9.17) is 0 Å². The molecule has 2 fully saturated rings. The van der Waals surface area contributed by atoms with Crippen molar-refractivity contribution in [3.05, 3.63) is 5.82 Å². The molecule has 2 aliphatic rings. The van der Waals surface area contributed by atoms with E-state index in [9.17, 15) is 0 Å². The summed E-state index contributed by atoms with van der Waals surface area (Å²) in [7, 11) is 2.09. The van der Waals surface area contributed by atoms with Gasteiger partial charge in [-0.3, -0.25) is 0 Å². The van der Waals surface area contributed by atoms with Gasteiger partial charge in [0, 0.05) is 29.7 Å². The predicted octanol–water partition coefficient (Wildman–Crippen LogP) is 1.96. The third kappa shape index (κ3) is 2.06. The number of nitrogens with one attached hydrogen (secondary N) is 1. The van der Waals surface area contributed by atoms with Crippen LogP contribution in [0.15, 0.2) is 0 Å². The third-order valence-corrected chi connectivity index (χ3v) is 4.94. The number of fused-ring (bicyclic) bond motifs is 2. The Balaban J connectivity index is 1.85. The highest BCUT2D eigenvalue weighted by Crippen LogP contribution is 2.38. The molecule has 94 valence electrons. The molecule has 0 radical (unpaired) electrons. The topological polar surface area (TPSA) is 41.0 Å². The highest BCUT2D eigenvalue weighted by Gasteiger charge is 2.39. The maximum atomic E-state index is 4.58. The Labute approximate surface area is 107 Å². The van der Waals surface area contributed by atoms with E-state index in [2.05, 4.69) is 26.6 Å². The Morgan fingerprint density at radius 2 is 2.00 bits per heavy atom. The molecule has 1 N–H and O–H groups in total. The van der Waals surface area contributed by atoms with Gasteiger partial charge in [0.2, 0.25) is 5.13 Å². The summed E-state index contributed by atoms with van der Waals surface area (Å²) in [6, 6.07) is 2.04. The summed E-state index contributed by atoms with van der Waals surface area (Å²) >= 11 is 1.57. The second kappa shape index (κ2) is 4.53. The summed E-state index contributed by atoms with van der Waals surface area (Å²) in [5, 5.41) is 4.60. The van der Waals surface area contributed by atoms with Crippen molar-refractivity contribution in [2.45, 2.75) is 57.2 Å². The van der Waals surface area contributed by atoms with E-state index in [-0.39, 0.29) is 0 Å². The summed E-state index contributed by atoms with van der Waals surface area (Å²) in [6.45, 7) is 1.98. The number of hydrogen-bond donors (Lipinski definition) is 1. The molecule has 4 nitrogen and oxygen atoms in total. The van der Waals surface area contributed by atoms with Crippen LogP contribution in [0.1, 0.15) is 37.9 Å². The maximum Gasteiger partial charge on any atom is 0.205 e. The van der Waals surface area contributed by atoms with E-state index >= 15 is 0 Å². The lowest BCUT2D eigenvalue weighted by molar-refractivity contribution is 0.252. The van der Waals surface area contributed by atoms with Crippen LogP contribution in [0.5, 0.6) is 0 Å². The molecule has 1 aromatic heterocycles. The van der Waals surface area contributed by atoms with E-state index in [1.54, 1.807) is 11.5 Å². The molecule has 0 aromatic carbocycles. The fourth-order valence-electron chi connectivity index (χ4n) is 3.32. The molecule has 2 atom stereocenters. The van der Waals surface area contributed by atoms with Gasteiger partial charge in [-0.1, -0.05) is 0 Å². The van der Waals surface area contributed by atoms with Crippen LogP contribution in [-0.4, -0.2) is 34.5 Å². The van der Waals surface area contributed by atoms with Gasteiger partial charge in [0.05, 0.1) is 0 Å². The number of hydrogen-bond acceptors (Lipinski definition) is 5. The second-order valence-corrected chi connectivity index (χ2v) is 5.96. The standard InChI is InChI=1S/C12H20N4S/c1-8-14-12(17-15-8)16-10-4-3-5-11(16)7-9(6-10)13-2/h9-11,13H,3-7H2,1-2H3. The second-order valence-electron chi connectivity index (χ2n) is 5.23. The van der Waals surface area contributed by atoms with Crippen LogP contribution in [0.25, 0.3) is 0 Å². The normalized spacial score (nSPS) is 32.8. The van der Waals surface area contributed by atoms with Crippen molar-refractivity contribution < 1.29 is 0 Å². The molecule has 2 unspecified atom stereocenters. The van der Waals surface area contributed by atoms with Crippen LogP contribution in [-0.2, 0) is 0 Å². The van der Waals surface area contributed by atoms with E-state index in [1.165, 1.54) is 32.1 Å². The first-order chi connectivity index (χ1) is 8.28. The summed E-state index contributed by atoms with van der Waals surface area (Å²) in [5.41, 5.74) is 0. The first-order valence-corrected chi connectivity index (χ1v) is 7.31. The van der Waals surface area contributed by atoms with Crippen molar-refractivity contribution in [3.63, 3.8) is 0 Å². The summed E-state index contributed by atoms with van der Waals surface area (Å²) in [5.74, 6) is 0.916. The van der Waals surface area contributed by atoms with Crippen molar-refractivity contribution in [2.24, 2.45) is 0 Å². The number of aryl methyl sites for hydroxylation is 1. The third-order valence-electron chi connectivity index (χ3n) is 4.12. The molecule has 0 spiro atoms. The van der Waals surface area contributed by atoms with Crippen molar-refractivity contribution in [1.82, 2.24) is 14.7 Å². The van der Waals surface area contributed by atoms with Crippen molar-refractivity contribution >= 4 is 16.7 Å². The minimum absolute atomic E-state index is 0.673. The Bertz CT molecular complexity index is 378. The number of piperidine rings is 2. The Hall–Kier alpha value is -0.680.